The molecule has 0 aliphatic rings. The maximum Gasteiger partial charge on any atom is 0.409 e. The van der Waals surface area contributed by atoms with Gasteiger partial charge in [0.1, 0.15) is 12.8 Å². The van der Waals surface area contributed by atoms with Crippen molar-refractivity contribution in [3.63, 3.8) is 0 Å². The standard InChI is InChI=1S/C23H39NO4Si/c1-8-13-20(16-17-28-29(6,7)23(3,4)5)21(26-9-2)24-22(25)27-18-19-14-11-10-12-15-19/h8,10-12,14-15,20-21H,1,9,13,16-18H2,2-7H3,(H,24,25). The van der Waals surface area contributed by atoms with E-state index in [0.717, 1.165) is 18.4 Å². The van der Waals surface area contributed by atoms with Crippen LogP contribution in [0.3, 0.4) is 0 Å². The fraction of sp³-hybridized carbons (Fsp3) is 0.609. The molecule has 5 nitrogen and oxygen atoms in total. The van der Waals surface area contributed by atoms with Gasteiger partial charge in [0, 0.05) is 19.1 Å². The van der Waals surface area contributed by atoms with Gasteiger partial charge in [-0.05, 0) is 43.5 Å². The summed E-state index contributed by atoms with van der Waals surface area (Å²) in [6, 6.07) is 9.61. The number of alkyl carbamates (subject to hydrolysis) is 1. The highest BCUT2D eigenvalue weighted by molar-refractivity contribution is 6.74. The third kappa shape index (κ3) is 9.15. The Morgan fingerprint density at radius 1 is 1.24 bits per heavy atom. The van der Waals surface area contributed by atoms with Crippen LogP contribution in [0.4, 0.5) is 4.79 Å². The monoisotopic (exact) mass is 421 g/mol. The first-order chi connectivity index (χ1) is 13.6. The van der Waals surface area contributed by atoms with Crippen LogP contribution in [-0.2, 0) is 20.5 Å². The van der Waals surface area contributed by atoms with Crippen molar-refractivity contribution in [2.24, 2.45) is 5.92 Å². The number of carbonyl (C=O) groups is 1. The molecule has 2 unspecified atom stereocenters. The smallest absolute Gasteiger partial charge is 0.409 e. The van der Waals surface area contributed by atoms with E-state index in [1.54, 1.807) is 0 Å². The molecule has 1 N–H and O–H groups in total. The van der Waals surface area contributed by atoms with Crippen molar-refractivity contribution >= 4 is 14.4 Å². The Kier molecular flexibility index (Phi) is 10.6. The quantitative estimate of drug-likeness (QED) is 0.260. The summed E-state index contributed by atoms with van der Waals surface area (Å²) >= 11 is 0. The molecule has 0 saturated carbocycles. The molecule has 0 aromatic heterocycles. The third-order valence-electron chi connectivity index (χ3n) is 5.47. The highest BCUT2D eigenvalue weighted by Gasteiger charge is 2.37. The summed E-state index contributed by atoms with van der Waals surface area (Å²) < 4.78 is 17.5. The number of benzene rings is 1. The maximum atomic E-state index is 12.3. The van der Waals surface area contributed by atoms with E-state index in [0.29, 0.717) is 13.2 Å². The number of ether oxygens (including phenoxy) is 2. The van der Waals surface area contributed by atoms with Crippen molar-refractivity contribution in [1.82, 2.24) is 5.32 Å². The molecule has 1 rings (SSSR count). The van der Waals surface area contributed by atoms with Crippen LogP contribution in [0.5, 0.6) is 0 Å². The number of allylic oxidation sites excluding steroid dienone is 1. The van der Waals surface area contributed by atoms with E-state index in [4.69, 9.17) is 13.9 Å². The normalized spacial score (nSPS) is 14.1. The minimum Gasteiger partial charge on any atom is -0.445 e. The Morgan fingerprint density at radius 3 is 2.45 bits per heavy atom. The number of rotatable bonds is 12. The molecule has 1 aromatic carbocycles. The summed E-state index contributed by atoms with van der Waals surface area (Å²) in [5.41, 5.74) is 0.945. The molecule has 2 atom stereocenters. The second-order valence-electron chi connectivity index (χ2n) is 8.76. The summed E-state index contributed by atoms with van der Waals surface area (Å²) in [6.45, 7) is 18.3. The fourth-order valence-electron chi connectivity index (χ4n) is 2.64. The molecule has 0 fully saturated rings. The predicted octanol–water partition coefficient (Wildman–Crippen LogP) is 5.88. The van der Waals surface area contributed by atoms with Crippen LogP contribution < -0.4 is 5.32 Å². The van der Waals surface area contributed by atoms with Gasteiger partial charge in [-0.3, -0.25) is 5.32 Å². The highest BCUT2D eigenvalue weighted by Crippen LogP contribution is 2.36. The van der Waals surface area contributed by atoms with Gasteiger partial charge in [0.15, 0.2) is 8.32 Å². The van der Waals surface area contributed by atoms with E-state index < -0.39 is 20.6 Å². The first-order valence-electron chi connectivity index (χ1n) is 10.4. The molecule has 29 heavy (non-hydrogen) atoms. The fourth-order valence-corrected chi connectivity index (χ4v) is 3.71. The summed E-state index contributed by atoms with van der Waals surface area (Å²) in [4.78, 5) is 12.3. The molecule has 0 aliphatic carbocycles. The van der Waals surface area contributed by atoms with Gasteiger partial charge in [-0.1, -0.05) is 57.2 Å². The summed E-state index contributed by atoms with van der Waals surface area (Å²) in [7, 11) is -1.81. The first-order valence-corrected chi connectivity index (χ1v) is 13.3. The van der Waals surface area contributed by atoms with Gasteiger partial charge in [0.25, 0.3) is 0 Å². The lowest BCUT2D eigenvalue weighted by molar-refractivity contribution is -0.0106. The molecule has 164 valence electrons. The maximum absolute atomic E-state index is 12.3. The van der Waals surface area contributed by atoms with E-state index in [1.165, 1.54) is 0 Å². The van der Waals surface area contributed by atoms with Crippen LogP contribution in [0.25, 0.3) is 0 Å². The van der Waals surface area contributed by atoms with Crippen LogP contribution in [0.15, 0.2) is 43.0 Å². The Bertz CT molecular complexity index is 613. The number of amides is 1. The topological polar surface area (TPSA) is 56.8 Å². The average Bonchev–Trinajstić information content (AvgIpc) is 2.65. The van der Waals surface area contributed by atoms with Crippen molar-refractivity contribution in [2.45, 2.75) is 71.5 Å². The summed E-state index contributed by atoms with van der Waals surface area (Å²) in [5.74, 6) is 0.0708. The molecule has 1 amide bonds. The molecular weight excluding hydrogens is 382 g/mol. The molecule has 0 aliphatic heterocycles. The van der Waals surface area contributed by atoms with Crippen LogP contribution in [0.2, 0.25) is 18.1 Å². The molecule has 6 heteroatoms. The lowest BCUT2D eigenvalue weighted by Gasteiger charge is -2.37. The number of nitrogens with one attached hydrogen (secondary N) is 1. The minimum absolute atomic E-state index is 0.0708. The lowest BCUT2D eigenvalue weighted by atomic mass is 10.00. The summed E-state index contributed by atoms with van der Waals surface area (Å²) in [5, 5.41) is 3.04. The van der Waals surface area contributed by atoms with Crippen molar-refractivity contribution in [3.05, 3.63) is 48.6 Å². The van der Waals surface area contributed by atoms with Gasteiger partial charge in [0.2, 0.25) is 0 Å². The zero-order chi connectivity index (χ0) is 21.9. The number of carbonyl (C=O) groups excluding carboxylic acids is 1. The van der Waals surface area contributed by atoms with Gasteiger partial charge >= 0.3 is 6.09 Å². The van der Waals surface area contributed by atoms with E-state index in [-0.39, 0.29) is 17.6 Å². The van der Waals surface area contributed by atoms with Gasteiger partial charge in [0.05, 0.1) is 0 Å². The minimum atomic E-state index is -1.81. The molecule has 0 heterocycles. The van der Waals surface area contributed by atoms with E-state index in [2.05, 4.69) is 45.8 Å². The van der Waals surface area contributed by atoms with Crippen molar-refractivity contribution in [3.8, 4) is 0 Å². The summed E-state index contributed by atoms with van der Waals surface area (Å²) in [6.07, 6.45) is 2.45. The third-order valence-corrected chi connectivity index (χ3v) is 10.0. The number of hydrogen-bond acceptors (Lipinski definition) is 4. The van der Waals surface area contributed by atoms with Crippen LogP contribution in [-0.4, -0.2) is 33.9 Å². The van der Waals surface area contributed by atoms with E-state index >= 15 is 0 Å². The van der Waals surface area contributed by atoms with Gasteiger partial charge < -0.3 is 13.9 Å². The Labute approximate surface area is 178 Å². The van der Waals surface area contributed by atoms with E-state index in [1.807, 2.05) is 43.3 Å². The second-order valence-corrected chi connectivity index (χ2v) is 13.6. The number of hydrogen-bond donors (Lipinski definition) is 1. The predicted molar refractivity (Wildman–Crippen MR) is 121 cm³/mol. The van der Waals surface area contributed by atoms with Crippen molar-refractivity contribution in [2.75, 3.05) is 13.2 Å². The van der Waals surface area contributed by atoms with Crippen molar-refractivity contribution in [1.29, 1.82) is 0 Å². The van der Waals surface area contributed by atoms with Crippen LogP contribution >= 0.6 is 0 Å². The zero-order valence-electron chi connectivity index (χ0n) is 19.0. The lowest BCUT2D eigenvalue weighted by Crippen LogP contribution is -2.44. The molecule has 0 radical (unpaired) electrons. The molecular formula is C23H39NO4Si. The van der Waals surface area contributed by atoms with Gasteiger partial charge in [-0.25, -0.2) is 4.79 Å². The van der Waals surface area contributed by atoms with Crippen LogP contribution in [0, 0.1) is 5.92 Å². The SMILES string of the molecule is C=CCC(CCO[Si](C)(C)C(C)(C)C)C(NC(=O)OCc1ccccc1)OCC. The molecule has 0 saturated heterocycles. The van der Waals surface area contributed by atoms with E-state index in [9.17, 15) is 4.79 Å². The Hall–Kier alpha value is -1.63. The zero-order valence-corrected chi connectivity index (χ0v) is 20.0. The highest BCUT2D eigenvalue weighted by atomic mass is 28.4. The first kappa shape index (κ1) is 25.4. The Morgan fingerprint density at radius 2 is 1.90 bits per heavy atom. The Balaban J connectivity index is 2.64. The average molecular weight is 422 g/mol. The van der Waals surface area contributed by atoms with Crippen LogP contribution in [0.1, 0.15) is 46.1 Å². The van der Waals surface area contributed by atoms with Crippen molar-refractivity contribution < 1.29 is 18.7 Å². The van der Waals surface area contributed by atoms with Gasteiger partial charge in [-0.2, -0.15) is 0 Å². The second kappa shape index (κ2) is 12.2. The molecule has 0 spiro atoms. The largest absolute Gasteiger partial charge is 0.445 e. The molecule has 0 bridgehead atoms. The molecule has 1 aromatic rings. The van der Waals surface area contributed by atoms with Gasteiger partial charge in [-0.15, -0.1) is 6.58 Å².